The lowest BCUT2D eigenvalue weighted by Crippen LogP contribution is -2.56. The summed E-state index contributed by atoms with van der Waals surface area (Å²) in [4.78, 5) is 32.2. The van der Waals surface area contributed by atoms with Gasteiger partial charge >= 0.3 is 0 Å². The van der Waals surface area contributed by atoms with Crippen molar-refractivity contribution in [2.24, 2.45) is 11.3 Å². The molecule has 2 unspecified atom stereocenters. The molecule has 0 aliphatic carbocycles. The monoisotopic (exact) mass is 315 g/mol. The van der Waals surface area contributed by atoms with Crippen LogP contribution in [0, 0.1) is 11.3 Å². The van der Waals surface area contributed by atoms with Gasteiger partial charge in [-0.2, -0.15) is 0 Å². The molecule has 2 aliphatic rings. The lowest BCUT2D eigenvalue weighted by molar-refractivity contribution is -0.127. The predicted molar refractivity (Wildman–Crippen MR) is 87.5 cm³/mol. The number of amides is 2. The largest absolute Gasteiger partial charge is 0.326 e. The summed E-state index contributed by atoms with van der Waals surface area (Å²) in [7, 11) is 0. The number of carbonyl (C=O) groups excluding carboxylic acids is 2. The quantitative estimate of drug-likeness (QED) is 0.912. The average Bonchev–Trinajstić information content (AvgIpc) is 2.79. The zero-order chi connectivity index (χ0) is 17.2. The highest BCUT2D eigenvalue weighted by Gasteiger charge is 2.67. The number of aromatic nitrogens is 1. The molecule has 0 saturated carbocycles. The Morgan fingerprint density at radius 1 is 1.30 bits per heavy atom. The number of carbonyl (C=O) groups is 2. The van der Waals surface area contributed by atoms with Gasteiger partial charge in [-0.3, -0.25) is 19.5 Å². The van der Waals surface area contributed by atoms with Crippen LogP contribution in [0.1, 0.15) is 64.0 Å². The molecule has 0 radical (unpaired) electrons. The summed E-state index contributed by atoms with van der Waals surface area (Å²) in [6.07, 6.45) is 2.32. The van der Waals surface area contributed by atoms with Gasteiger partial charge in [-0.05, 0) is 30.4 Å². The van der Waals surface area contributed by atoms with Crippen molar-refractivity contribution in [2.45, 2.75) is 59.2 Å². The fourth-order valence-electron chi connectivity index (χ4n) is 3.94. The standard InChI is InChI=1S/C18H25N3O2/c1-11(2)17(6)15(23)20-18(10-16(3,4)5)13-12(8-7-9-19-13)14(22)21(17)18/h7-9,11H,10H2,1-6H3,(H,20,23). The Bertz CT molecular complexity index is 692. The van der Waals surface area contributed by atoms with E-state index in [1.807, 2.05) is 20.8 Å². The fraction of sp³-hybridized carbons (Fsp3) is 0.611. The highest BCUT2D eigenvalue weighted by Crippen LogP contribution is 2.52. The Morgan fingerprint density at radius 2 is 1.96 bits per heavy atom. The molecular formula is C18H25N3O2. The van der Waals surface area contributed by atoms with E-state index in [1.54, 1.807) is 23.2 Å². The summed E-state index contributed by atoms with van der Waals surface area (Å²) >= 11 is 0. The van der Waals surface area contributed by atoms with Gasteiger partial charge in [-0.1, -0.05) is 34.6 Å². The lowest BCUT2D eigenvalue weighted by atomic mass is 9.82. The van der Waals surface area contributed by atoms with E-state index in [9.17, 15) is 9.59 Å². The van der Waals surface area contributed by atoms with Crippen molar-refractivity contribution in [1.82, 2.24) is 15.2 Å². The van der Waals surface area contributed by atoms with Crippen LogP contribution < -0.4 is 5.32 Å². The first kappa shape index (κ1) is 16.0. The van der Waals surface area contributed by atoms with Gasteiger partial charge in [0.05, 0.1) is 11.3 Å². The number of fused-ring (bicyclic) bond motifs is 3. The smallest absolute Gasteiger partial charge is 0.258 e. The van der Waals surface area contributed by atoms with E-state index in [2.05, 4.69) is 31.1 Å². The fourth-order valence-corrected chi connectivity index (χ4v) is 3.94. The number of nitrogens with zero attached hydrogens (tertiary/aromatic N) is 2. The third kappa shape index (κ3) is 1.95. The molecule has 5 heteroatoms. The molecule has 23 heavy (non-hydrogen) atoms. The first-order valence-corrected chi connectivity index (χ1v) is 8.17. The number of rotatable bonds is 2. The topological polar surface area (TPSA) is 62.3 Å². The average molecular weight is 315 g/mol. The molecule has 2 atom stereocenters. The van der Waals surface area contributed by atoms with Crippen LogP contribution in [0.5, 0.6) is 0 Å². The molecule has 124 valence electrons. The maximum Gasteiger partial charge on any atom is 0.258 e. The van der Waals surface area contributed by atoms with Crippen LogP contribution in [-0.2, 0) is 10.5 Å². The van der Waals surface area contributed by atoms with E-state index >= 15 is 0 Å². The van der Waals surface area contributed by atoms with E-state index in [4.69, 9.17) is 0 Å². The molecule has 3 heterocycles. The number of hydrogen-bond donors (Lipinski definition) is 1. The molecule has 2 amide bonds. The van der Waals surface area contributed by atoms with Crippen molar-refractivity contribution in [1.29, 1.82) is 0 Å². The molecule has 1 saturated heterocycles. The summed E-state index contributed by atoms with van der Waals surface area (Å²) in [5, 5.41) is 3.15. The van der Waals surface area contributed by atoms with Crippen LogP contribution in [0.2, 0.25) is 0 Å². The van der Waals surface area contributed by atoms with E-state index in [1.165, 1.54) is 0 Å². The van der Waals surface area contributed by atoms with Crippen molar-refractivity contribution in [3.8, 4) is 0 Å². The summed E-state index contributed by atoms with van der Waals surface area (Å²) in [6, 6.07) is 3.58. The van der Waals surface area contributed by atoms with Gasteiger partial charge in [0.1, 0.15) is 5.54 Å². The normalized spacial score (nSPS) is 29.8. The highest BCUT2D eigenvalue weighted by molar-refractivity contribution is 6.06. The molecule has 1 aromatic rings. The summed E-state index contributed by atoms with van der Waals surface area (Å²) < 4.78 is 0. The van der Waals surface area contributed by atoms with Crippen LogP contribution in [0.3, 0.4) is 0 Å². The molecule has 5 nitrogen and oxygen atoms in total. The van der Waals surface area contributed by atoms with Gasteiger partial charge in [-0.25, -0.2) is 0 Å². The van der Waals surface area contributed by atoms with Crippen molar-refractivity contribution >= 4 is 11.8 Å². The summed E-state index contributed by atoms with van der Waals surface area (Å²) in [6.45, 7) is 12.2. The minimum absolute atomic E-state index is 0.00241. The van der Waals surface area contributed by atoms with Gasteiger partial charge in [0.2, 0.25) is 5.91 Å². The van der Waals surface area contributed by atoms with Crippen molar-refractivity contribution < 1.29 is 9.59 Å². The molecular weight excluding hydrogens is 290 g/mol. The summed E-state index contributed by atoms with van der Waals surface area (Å²) in [5.41, 5.74) is -0.514. The van der Waals surface area contributed by atoms with Crippen LogP contribution in [0.25, 0.3) is 0 Å². The van der Waals surface area contributed by atoms with Crippen LogP contribution in [0.15, 0.2) is 18.3 Å². The van der Waals surface area contributed by atoms with E-state index in [0.29, 0.717) is 17.7 Å². The van der Waals surface area contributed by atoms with E-state index in [0.717, 1.165) is 0 Å². The lowest BCUT2D eigenvalue weighted by Gasteiger charge is -2.42. The van der Waals surface area contributed by atoms with Crippen LogP contribution in [0.4, 0.5) is 0 Å². The molecule has 2 aliphatic heterocycles. The minimum atomic E-state index is -0.872. The molecule has 0 aromatic carbocycles. The SMILES string of the molecule is CC(C)C1(C)C(=O)NC2(CC(C)(C)C)c3ncccc3C(=O)N21. The zero-order valence-corrected chi connectivity index (χ0v) is 14.7. The molecule has 0 bridgehead atoms. The molecule has 3 rings (SSSR count). The number of pyridine rings is 1. The van der Waals surface area contributed by atoms with Gasteiger partial charge in [0.15, 0.2) is 5.66 Å². The molecule has 1 aromatic heterocycles. The minimum Gasteiger partial charge on any atom is -0.326 e. The third-order valence-electron chi connectivity index (χ3n) is 5.17. The second kappa shape index (κ2) is 4.56. The van der Waals surface area contributed by atoms with Crippen molar-refractivity contribution in [3.05, 3.63) is 29.6 Å². The molecule has 1 fully saturated rings. The van der Waals surface area contributed by atoms with Crippen LogP contribution >= 0.6 is 0 Å². The van der Waals surface area contributed by atoms with Gasteiger partial charge in [0.25, 0.3) is 5.91 Å². The number of nitrogens with one attached hydrogen (secondary N) is 1. The third-order valence-corrected chi connectivity index (χ3v) is 5.17. The number of hydrogen-bond acceptors (Lipinski definition) is 3. The van der Waals surface area contributed by atoms with Gasteiger partial charge in [0, 0.05) is 12.6 Å². The van der Waals surface area contributed by atoms with Gasteiger partial charge in [-0.15, -0.1) is 0 Å². The first-order valence-electron chi connectivity index (χ1n) is 8.17. The van der Waals surface area contributed by atoms with Gasteiger partial charge < -0.3 is 5.32 Å². The Morgan fingerprint density at radius 3 is 2.52 bits per heavy atom. The molecule has 1 N–H and O–H groups in total. The Kier molecular flexibility index (Phi) is 3.16. The van der Waals surface area contributed by atoms with Crippen molar-refractivity contribution in [3.63, 3.8) is 0 Å². The zero-order valence-electron chi connectivity index (χ0n) is 14.7. The second-order valence-corrected chi connectivity index (χ2v) is 8.39. The second-order valence-electron chi connectivity index (χ2n) is 8.39. The Hall–Kier alpha value is -1.91. The highest BCUT2D eigenvalue weighted by atomic mass is 16.2. The van der Waals surface area contributed by atoms with Crippen LogP contribution in [-0.4, -0.2) is 27.2 Å². The Balaban J connectivity index is 2.27. The summed E-state index contributed by atoms with van der Waals surface area (Å²) in [5.74, 6) is -0.198. The maximum atomic E-state index is 13.1. The Labute approximate surface area is 137 Å². The molecule has 0 spiro atoms. The van der Waals surface area contributed by atoms with E-state index in [-0.39, 0.29) is 23.1 Å². The maximum absolute atomic E-state index is 13.1. The van der Waals surface area contributed by atoms with Crippen molar-refractivity contribution in [2.75, 3.05) is 0 Å². The van der Waals surface area contributed by atoms with E-state index < -0.39 is 11.2 Å². The first-order chi connectivity index (χ1) is 10.5. The predicted octanol–water partition coefficient (Wildman–Crippen LogP) is 2.67.